The Balaban J connectivity index is 1.14. The first-order valence-electron chi connectivity index (χ1n) is 10.8. The van der Waals surface area contributed by atoms with Gasteiger partial charge in [-0.2, -0.15) is 5.10 Å². The van der Waals surface area contributed by atoms with Crippen molar-refractivity contribution in [3.05, 3.63) is 45.2 Å². The van der Waals surface area contributed by atoms with E-state index in [1.807, 2.05) is 4.90 Å². The van der Waals surface area contributed by atoms with E-state index in [1.54, 1.807) is 16.8 Å². The van der Waals surface area contributed by atoms with Gasteiger partial charge in [-0.3, -0.25) is 14.5 Å². The highest BCUT2D eigenvalue weighted by Crippen LogP contribution is 2.40. The summed E-state index contributed by atoms with van der Waals surface area (Å²) in [5.41, 5.74) is 2.63. The molecule has 5 rings (SSSR count). The molecular formula is C21H27N5O3. The molecule has 0 N–H and O–H groups in total. The lowest BCUT2D eigenvalue weighted by molar-refractivity contribution is 0.0621. The molecule has 8 heteroatoms. The second-order valence-corrected chi connectivity index (χ2v) is 8.41. The molecule has 2 fully saturated rings. The number of aryl methyl sites for hydroxylation is 2. The zero-order valence-corrected chi connectivity index (χ0v) is 16.7. The lowest BCUT2D eigenvalue weighted by Gasteiger charge is -2.34. The summed E-state index contributed by atoms with van der Waals surface area (Å²) in [6.07, 6.45) is 6.51. The van der Waals surface area contributed by atoms with Gasteiger partial charge in [-0.25, -0.2) is 4.68 Å². The van der Waals surface area contributed by atoms with Crippen LogP contribution in [0.25, 0.3) is 0 Å². The Labute approximate surface area is 169 Å². The highest BCUT2D eigenvalue weighted by molar-refractivity contribution is 5.92. The molecule has 0 radical (unpaired) electrons. The lowest BCUT2D eigenvalue weighted by Crippen LogP contribution is -2.49. The number of fused-ring (bicyclic) bond motifs is 1. The second-order valence-electron chi connectivity index (χ2n) is 8.41. The minimum Gasteiger partial charge on any atom is -0.360 e. The van der Waals surface area contributed by atoms with Gasteiger partial charge in [-0.15, -0.1) is 0 Å². The van der Waals surface area contributed by atoms with E-state index in [0.717, 1.165) is 75.2 Å². The molecule has 1 aliphatic heterocycles. The van der Waals surface area contributed by atoms with Crippen molar-refractivity contribution in [3.63, 3.8) is 0 Å². The van der Waals surface area contributed by atoms with Crippen LogP contribution in [-0.2, 0) is 19.4 Å². The molecule has 2 aromatic rings. The minimum atomic E-state index is -0.0483. The largest absolute Gasteiger partial charge is 0.360 e. The van der Waals surface area contributed by atoms with Crippen molar-refractivity contribution in [2.75, 3.05) is 32.7 Å². The van der Waals surface area contributed by atoms with Gasteiger partial charge in [0.25, 0.3) is 11.5 Å². The van der Waals surface area contributed by atoms with E-state index in [4.69, 9.17) is 4.52 Å². The number of piperazine rings is 1. The van der Waals surface area contributed by atoms with Gasteiger partial charge in [0.05, 0.1) is 12.2 Å². The molecule has 0 bridgehead atoms. The van der Waals surface area contributed by atoms with Crippen molar-refractivity contribution in [3.8, 4) is 0 Å². The smallest absolute Gasteiger partial charge is 0.276 e. The molecule has 0 spiro atoms. The van der Waals surface area contributed by atoms with Gasteiger partial charge in [-0.05, 0) is 44.1 Å². The van der Waals surface area contributed by atoms with Crippen LogP contribution in [-0.4, -0.2) is 63.4 Å². The monoisotopic (exact) mass is 397 g/mol. The van der Waals surface area contributed by atoms with Crippen molar-refractivity contribution in [2.45, 2.75) is 51.0 Å². The van der Waals surface area contributed by atoms with Gasteiger partial charge >= 0.3 is 0 Å². The van der Waals surface area contributed by atoms with Gasteiger partial charge in [0.2, 0.25) is 0 Å². The SMILES string of the molecule is O=C(c1cc(C2CC2)on1)N1CCN(CCn2nc3c(cc2=O)CCCC3)CC1. The molecule has 0 unspecified atom stereocenters. The Kier molecular flexibility index (Phi) is 4.95. The van der Waals surface area contributed by atoms with Crippen molar-refractivity contribution in [1.82, 2.24) is 24.7 Å². The molecule has 8 nitrogen and oxygen atoms in total. The summed E-state index contributed by atoms with van der Waals surface area (Å²) in [5, 5.41) is 8.56. The first-order chi connectivity index (χ1) is 14.2. The molecule has 154 valence electrons. The van der Waals surface area contributed by atoms with Crippen LogP contribution in [0.5, 0.6) is 0 Å². The molecule has 29 heavy (non-hydrogen) atoms. The van der Waals surface area contributed by atoms with E-state index < -0.39 is 0 Å². The Bertz CT molecular complexity index is 953. The number of carbonyl (C=O) groups is 1. The van der Waals surface area contributed by atoms with Crippen LogP contribution >= 0.6 is 0 Å². The Morgan fingerprint density at radius 2 is 1.86 bits per heavy atom. The van der Waals surface area contributed by atoms with E-state index in [9.17, 15) is 9.59 Å². The summed E-state index contributed by atoms with van der Waals surface area (Å²) in [5.74, 6) is 1.25. The van der Waals surface area contributed by atoms with Crippen molar-refractivity contribution in [2.24, 2.45) is 0 Å². The molecule has 1 saturated carbocycles. The molecule has 2 aromatic heterocycles. The average molecular weight is 397 g/mol. The molecule has 3 aliphatic rings. The van der Waals surface area contributed by atoms with Gasteiger partial charge in [-0.1, -0.05) is 5.16 Å². The number of rotatable bonds is 5. The molecule has 3 heterocycles. The quantitative estimate of drug-likeness (QED) is 0.759. The number of amides is 1. The Morgan fingerprint density at radius 3 is 2.66 bits per heavy atom. The highest BCUT2D eigenvalue weighted by atomic mass is 16.5. The summed E-state index contributed by atoms with van der Waals surface area (Å²) >= 11 is 0. The van der Waals surface area contributed by atoms with E-state index >= 15 is 0 Å². The van der Waals surface area contributed by atoms with Crippen LogP contribution in [0.4, 0.5) is 0 Å². The maximum absolute atomic E-state index is 12.7. The second kappa shape index (κ2) is 7.74. The summed E-state index contributed by atoms with van der Waals surface area (Å²) in [7, 11) is 0. The number of hydrogen-bond donors (Lipinski definition) is 0. The van der Waals surface area contributed by atoms with E-state index in [1.165, 1.54) is 0 Å². The Hall–Kier alpha value is -2.48. The molecular weight excluding hydrogens is 370 g/mol. The van der Waals surface area contributed by atoms with Gasteiger partial charge in [0, 0.05) is 50.8 Å². The van der Waals surface area contributed by atoms with Crippen LogP contribution in [0.15, 0.2) is 21.5 Å². The number of carbonyl (C=O) groups excluding carboxylic acids is 1. The predicted octanol–water partition coefficient (Wildman–Crippen LogP) is 1.45. The lowest BCUT2D eigenvalue weighted by atomic mass is 9.97. The number of hydrogen-bond acceptors (Lipinski definition) is 6. The van der Waals surface area contributed by atoms with Crippen LogP contribution in [0, 0.1) is 0 Å². The average Bonchev–Trinajstić information content (AvgIpc) is 3.49. The third-order valence-corrected chi connectivity index (χ3v) is 6.29. The van der Waals surface area contributed by atoms with Gasteiger partial charge in [0.1, 0.15) is 5.76 Å². The molecule has 0 aromatic carbocycles. The zero-order chi connectivity index (χ0) is 19.8. The highest BCUT2D eigenvalue weighted by Gasteiger charge is 2.30. The predicted molar refractivity (Wildman–Crippen MR) is 106 cm³/mol. The first-order valence-corrected chi connectivity index (χ1v) is 10.8. The Morgan fingerprint density at radius 1 is 1.07 bits per heavy atom. The van der Waals surface area contributed by atoms with Crippen molar-refractivity contribution in [1.29, 1.82) is 0 Å². The van der Waals surface area contributed by atoms with E-state index in [2.05, 4.69) is 15.2 Å². The number of aromatic nitrogens is 3. The summed E-state index contributed by atoms with van der Waals surface area (Å²) < 4.78 is 6.92. The summed E-state index contributed by atoms with van der Waals surface area (Å²) in [6.45, 7) is 4.27. The van der Waals surface area contributed by atoms with Crippen LogP contribution in [0.2, 0.25) is 0 Å². The van der Waals surface area contributed by atoms with Crippen LogP contribution in [0.3, 0.4) is 0 Å². The summed E-state index contributed by atoms with van der Waals surface area (Å²) in [4.78, 5) is 29.1. The fraction of sp³-hybridized carbons (Fsp3) is 0.619. The standard InChI is InChI=1S/C21H27N5O3/c27-20-13-16-3-1-2-4-17(16)22-26(20)12-9-24-7-10-25(11-8-24)21(28)18-14-19(29-23-18)15-5-6-15/h13-15H,1-12H2. The van der Waals surface area contributed by atoms with Crippen molar-refractivity contribution < 1.29 is 9.32 Å². The molecule has 1 amide bonds. The zero-order valence-electron chi connectivity index (χ0n) is 16.7. The molecule has 0 atom stereocenters. The van der Waals surface area contributed by atoms with E-state index in [-0.39, 0.29) is 11.5 Å². The minimum absolute atomic E-state index is 0.00281. The van der Waals surface area contributed by atoms with Crippen LogP contribution < -0.4 is 5.56 Å². The third kappa shape index (κ3) is 3.99. The number of nitrogens with zero attached hydrogens (tertiary/aromatic N) is 5. The maximum atomic E-state index is 12.7. The third-order valence-electron chi connectivity index (χ3n) is 6.29. The van der Waals surface area contributed by atoms with Crippen LogP contribution in [0.1, 0.15) is 59.1 Å². The van der Waals surface area contributed by atoms with Gasteiger partial charge < -0.3 is 9.42 Å². The van der Waals surface area contributed by atoms with Crippen molar-refractivity contribution >= 4 is 5.91 Å². The maximum Gasteiger partial charge on any atom is 0.276 e. The topological polar surface area (TPSA) is 84.5 Å². The fourth-order valence-electron chi connectivity index (χ4n) is 4.28. The molecule has 2 aliphatic carbocycles. The van der Waals surface area contributed by atoms with E-state index in [0.29, 0.717) is 31.2 Å². The first kappa shape index (κ1) is 18.5. The fourth-order valence-corrected chi connectivity index (χ4v) is 4.28. The molecule has 1 saturated heterocycles. The van der Waals surface area contributed by atoms with Gasteiger partial charge in [0.15, 0.2) is 5.69 Å². The normalized spacial score (nSPS) is 19.9. The summed E-state index contributed by atoms with van der Waals surface area (Å²) in [6, 6.07) is 3.58.